The molecule has 0 saturated heterocycles. The van der Waals surface area contributed by atoms with E-state index in [2.05, 4.69) is 15.5 Å². The zero-order chi connectivity index (χ0) is 27.1. The van der Waals surface area contributed by atoms with Crippen molar-refractivity contribution in [3.05, 3.63) is 70.9 Å². The number of nitrogens with zero attached hydrogens (tertiary/aromatic N) is 3. The van der Waals surface area contributed by atoms with E-state index in [-0.39, 0.29) is 18.3 Å². The van der Waals surface area contributed by atoms with E-state index in [1.165, 1.54) is 30.2 Å². The standard InChI is InChI=1S/C27H28N4O5S2/c1-5-31-22(14-36-20-12-10-19(34-3)11-13-20)29-30-27(31)38-16-23(32)28-25-24(26(33)35-4)21(15-37-25)18-8-6-17(2)7-9-18/h6-13,15H,5,14,16H2,1-4H3,(H,28,32). The Labute approximate surface area is 229 Å². The minimum absolute atomic E-state index is 0.0931. The third kappa shape index (κ3) is 6.35. The number of thiophene rings is 1. The maximum absolute atomic E-state index is 12.8. The van der Waals surface area contributed by atoms with Crippen molar-refractivity contribution in [2.75, 3.05) is 25.3 Å². The molecule has 9 nitrogen and oxygen atoms in total. The fourth-order valence-electron chi connectivity index (χ4n) is 3.66. The summed E-state index contributed by atoms with van der Waals surface area (Å²) in [5.41, 5.74) is 3.05. The molecule has 1 N–H and O–H groups in total. The maximum Gasteiger partial charge on any atom is 0.341 e. The third-order valence-electron chi connectivity index (χ3n) is 5.67. The summed E-state index contributed by atoms with van der Waals surface area (Å²) in [5, 5.41) is 14.2. The molecule has 4 aromatic rings. The second kappa shape index (κ2) is 12.6. The molecule has 0 atom stereocenters. The number of nitrogens with one attached hydrogen (secondary N) is 1. The fourth-order valence-corrected chi connectivity index (χ4v) is 5.46. The second-order valence-electron chi connectivity index (χ2n) is 8.16. The predicted molar refractivity (Wildman–Crippen MR) is 148 cm³/mol. The van der Waals surface area contributed by atoms with Gasteiger partial charge in [-0.15, -0.1) is 21.5 Å². The normalized spacial score (nSPS) is 10.7. The molecule has 11 heteroatoms. The quantitative estimate of drug-likeness (QED) is 0.194. The molecule has 38 heavy (non-hydrogen) atoms. The van der Waals surface area contributed by atoms with Gasteiger partial charge in [0, 0.05) is 17.5 Å². The lowest BCUT2D eigenvalue weighted by molar-refractivity contribution is -0.113. The summed E-state index contributed by atoms with van der Waals surface area (Å²) in [4.78, 5) is 25.4. The number of rotatable bonds is 11. The van der Waals surface area contributed by atoms with Gasteiger partial charge in [0.25, 0.3) is 0 Å². The molecule has 4 rings (SSSR count). The van der Waals surface area contributed by atoms with Crippen LogP contribution in [-0.4, -0.2) is 46.6 Å². The molecular weight excluding hydrogens is 524 g/mol. The van der Waals surface area contributed by atoms with Crippen LogP contribution in [0.15, 0.2) is 59.1 Å². The highest BCUT2D eigenvalue weighted by molar-refractivity contribution is 7.99. The molecule has 1 amide bonds. The van der Waals surface area contributed by atoms with Gasteiger partial charge in [-0.25, -0.2) is 4.79 Å². The van der Waals surface area contributed by atoms with Gasteiger partial charge >= 0.3 is 5.97 Å². The number of benzene rings is 2. The van der Waals surface area contributed by atoms with E-state index in [0.717, 1.165) is 22.4 Å². The van der Waals surface area contributed by atoms with Crippen molar-refractivity contribution >= 4 is 40.0 Å². The lowest BCUT2D eigenvalue weighted by Crippen LogP contribution is -2.16. The fraction of sp³-hybridized carbons (Fsp3) is 0.259. The summed E-state index contributed by atoms with van der Waals surface area (Å²) in [6, 6.07) is 15.1. The molecule has 0 saturated carbocycles. The Kier molecular flexibility index (Phi) is 9.03. The molecular formula is C27H28N4O5S2. The number of ether oxygens (including phenoxy) is 3. The van der Waals surface area contributed by atoms with Gasteiger partial charge in [-0.05, 0) is 43.7 Å². The molecule has 0 aliphatic heterocycles. The highest BCUT2D eigenvalue weighted by Crippen LogP contribution is 2.36. The largest absolute Gasteiger partial charge is 0.497 e. The third-order valence-corrected chi connectivity index (χ3v) is 7.53. The minimum Gasteiger partial charge on any atom is -0.497 e. The van der Waals surface area contributed by atoms with Gasteiger partial charge in [0.05, 0.1) is 20.0 Å². The zero-order valence-electron chi connectivity index (χ0n) is 21.5. The van der Waals surface area contributed by atoms with Gasteiger partial charge in [-0.2, -0.15) is 0 Å². The molecule has 2 aromatic carbocycles. The minimum atomic E-state index is -0.503. The first-order valence-corrected chi connectivity index (χ1v) is 13.7. The smallest absolute Gasteiger partial charge is 0.341 e. The van der Waals surface area contributed by atoms with Crippen molar-refractivity contribution in [3.8, 4) is 22.6 Å². The van der Waals surface area contributed by atoms with Crippen LogP contribution in [0.2, 0.25) is 0 Å². The molecule has 2 heterocycles. The van der Waals surface area contributed by atoms with E-state index in [1.807, 2.05) is 72.3 Å². The summed E-state index contributed by atoms with van der Waals surface area (Å²) < 4.78 is 17.9. The van der Waals surface area contributed by atoms with Crippen molar-refractivity contribution in [3.63, 3.8) is 0 Å². The van der Waals surface area contributed by atoms with Gasteiger partial charge in [0.15, 0.2) is 11.0 Å². The van der Waals surface area contributed by atoms with Gasteiger partial charge in [0.1, 0.15) is 28.7 Å². The van der Waals surface area contributed by atoms with Crippen LogP contribution in [0.1, 0.15) is 28.7 Å². The molecule has 0 aliphatic rings. The Hall–Kier alpha value is -3.83. The van der Waals surface area contributed by atoms with Crippen molar-refractivity contribution in [1.82, 2.24) is 14.8 Å². The molecule has 0 unspecified atom stereocenters. The number of carbonyl (C=O) groups is 2. The van der Waals surface area contributed by atoms with E-state index < -0.39 is 5.97 Å². The highest BCUT2D eigenvalue weighted by atomic mass is 32.2. The van der Waals surface area contributed by atoms with Crippen molar-refractivity contribution in [1.29, 1.82) is 0 Å². The predicted octanol–water partition coefficient (Wildman–Crippen LogP) is 5.44. The van der Waals surface area contributed by atoms with Crippen molar-refractivity contribution in [2.24, 2.45) is 0 Å². The number of methoxy groups -OCH3 is 2. The number of anilines is 1. The monoisotopic (exact) mass is 552 g/mol. The first-order valence-electron chi connectivity index (χ1n) is 11.8. The summed E-state index contributed by atoms with van der Waals surface area (Å²) in [5.74, 6) is 1.41. The van der Waals surface area contributed by atoms with Gasteiger partial charge in [0.2, 0.25) is 5.91 Å². The average molecular weight is 553 g/mol. The van der Waals surface area contributed by atoms with Gasteiger partial charge < -0.3 is 24.1 Å². The van der Waals surface area contributed by atoms with Crippen LogP contribution < -0.4 is 14.8 Å². The van der Waals surface area contributed by atoms with Gasteiger partial charge in [-0.1, -0.05) is 41.6 Å². The SMILES string of the molecule is CCn1c(COc2ccc(OC)cc2)nnc1SCC(=O)Nc1scc(-c2ccc(C)cc2)c1C(=O)OC. The molecule has 0 radical (unpaired) electrons. The number of carbonyl (C=O) groups excluding carboxylic acids is 2. The number of hydrogen-bond acceptors (Lipinski definition) is 9. The van der Waals surface area contributed by atoms with Crippen LogP contribution in [0.5, 0.6) is 11.5 Å². The van der Waals surface area contributed by atoms with E-state index in [0.29, 0.717) is 33.8 Å². The van der Waals surface area contributed by atoms with Crippen molar-refractivity contribution in [2.45, 2.75) is 32.2 Å². The lowest BCUT2D eigenvalue weighted by Gasteiger charge is -2.10. The summed E-state index contributed by atoms with van der Waals surface area (Å²) in [6.45, 7) is 4.83. The number of aryl methyl sites for hydroxylation is 1. The first-order chi connectivity index (χ1) is 18.4. The summed E-state index contributed by atoms with van der Waals surface area (Å²) in [6.07, 6.45) is 0. The molecule has 0 spiro atoms. The Morgan fingerprint density at radius 1 is 1.03 bits per heavy atom. The average Bonchev–Trinajstić information content (AvgIpc) is 3.54. The van der Waals surface area contributed by atoms with Crippen LogP contribution in [0.25, 0.3) is 11.1 Å². The summed E-state index contributed by atoms with van der Waals surface area (Å²) >= 11 is 2.55. The van der Waals surface area contributed by atoms with Crippen molar-refractivity contribution < 1.29 is 23.8 Å². The Morgan fingerprint density at radius 3 is 2.39 bits per heavy atom. The molecule has 0 fully saturated rings. The number of aromatic nitrogens is 3. The Balaban J connectivity index is 1.41. The molecule has 0 aliphatic carbocycles. The topological polar surface area (TPSA) is 105 Å². The Morgan fingerprint density at radius 2 is 1.74 bits per heavy atom. The second-order valence-corrected chi connectivity index (χ2v) is 9.98. The lowest BCUT2D eigenvalue weighted by atomic mass is 10.0. The molecule has 0 bridgehead atoms. The van der Waals surface area contributed by atoms with Crippen LogP contribution in [-0.2, 0) is 22.7 Å². The van der Waals surface area contributed by atoms with Crippen LogP contribution >= 0.6 is 23.1 Å². The highest BCUT2D eigenvalue weighted by Gasteiger charge is 2.23. The number of esters is 1. The first kappa shape index (κ1) is 27.2. The maximum atomic E-state index is 12.8. The Bertz CT molecular complexity index is 1400. The summed E-state index contributed by atoms with van der Waals surface area (Å²) in [7, 11) is 2.94. The van der Waals surface area contributed by atoms with E-state index in [9.17, 15) is 9.59 Å². The van der Waals surface area contributed by atoms with Crippen LogP contribution in [0.3, 0.4) is 0 Å². The van der Waals surface area contributed by atoms with Crippen LogP contribution in [0, 0.1) is 6.92 Å². The molecule has 2 aromatic heterocycles. The number of amides is 1. The molecule has 198 valence electrons. The number of thioether (sulfide) groups is 1. The van der Waals surface area contributed by atoms with Crippen LogP contribution in [0.4, 0.5) is 5.00 Å². The van der Waals surface area contributed by atoms with E-state index in [4.69, 9.17) is 14.2 Å². The zero-order valence-corrected chi connectivity index (χ0v) is 23.1. The number of hydrogen-bond donors (Lipinski definition) is 1. The van der Waals surface area contributed by atoms with Gasteiger partial charge in [-0.3, -0.25) is 4.79 Å². The van der Waals surface area contributed by atoms with E-state index >= 15 is 0 Å². The van der Waals surface area contributed by atoms with E-state index in [1.54, 1.807) is 7.11 Å².